The summed E-state index contributed by atoms with van der Waals surface area (Å²) in [6, 6.07) is 13.1. The van der Waals surface area contributed by atoms with Crippen LogP contribution in [-0.4, -0.2) is 24.2 Å². The van der Waals surface area contributed by atoms with Gasteiger partial charge in [0.05, 0.1) is 6.57 Å². The molecule has 2 aliphatic rings. The molecule has 6 heteroatoms. The molecule has 1 N–H and O–H groups in total. The Morgan fingerprint density at radius 2 is 1.53 bits per heavy atom. The summed E-state index contributed by atoms with van der Waals surface area (Å²) in [7, 11) is 0. The molecule has 2 aliphatic heterocycles. The van der Waals surface area contributed by atoms with Crippen molar-refractivity contribution in [3.63, 3.8) is 0 Å². The lowest BCUT2D eigenvalue weighted by atomic mass is 9.69. The average Bonchev–Trinajstić information content (AvgIpc) is 3.45. The van der Waals surface area contributed by atoms with Crippen LogP contribution in [0, 0.1) is 6.57 Å². The predicted octanol–water partition coefficient (Wildman–Crippen LogP) is 7.66. The lowest BCUT2D eigenvalue weighted by Gasteiger charge is -2.48. The molecule has 174 valence electrons. The molecule has 0 radical (unpaired) electrons. The maximum absolute atomic E-state index is 11.2. The van der Waals surface area contributed by atoms with Gasteiger partial charge in [0.25, 0.3) is 5.70 Å². The highest BCUT2D eigenvalue weighted by molar-refractivity contribution is 7.24. The lowest BCUT2D eigenvalue weighted by Crippen LogP contribution is -2.44. The van der Waals surface area contributed by atoms with Crippen molar-refractivity contribution in [2.45, 2.75) is 51.4 Å². The number of carboxylic acids is 1. The Balaban J connectivity index is 1.55. The first-order valence-electron chi connectivity index (χ1n) is 11.6. The average molecular weight is 489 g/mol. The molecule has 4 nitrogen and oxygen atoms in total. The van der Waals surface area contributed by atoms with Crippen molar-refractivity contribution in [2.24, 2.45) is 0 Å². The molecule has 0 atom stereocenters. The first-order chi connectivity index (χ1) is 16.1. The van der Waals surface area contributed by atoms with Gasteiger partial charge in [0.15, 0.2) is 0 Å². The molecule has 0 unspecified atom stereocenters. The van der Waals surface area contributed by atoms with Crippen LogP contribution in [0.2, 0.25) is 0 Å². The fraction of sp³-hybridized carbons (Fsp3) is 0.357. The number of hydrogen-bond donors (Lipinski definition) is 1. The Morgan fingerprint density at radius 1 is 0.971 bits per heavy atom. The smallest absolute Gasteiger partial charge is 0.333 e. The first-order valence-corrected chi connectivity index (χ1v) is 13.2. The van der Waals surface area contributed by atoms with Gasteiger partial charge in [0.2, 0.25) is 0 Å². The van der Waals surface area contributed by atoms with E-state index in [-0.39, 0.29) is 16.5 Å². The Hall–Kier alpha value is -2.88. The van der Waals surface area contributed by atoms with Gasteiger partial charge in [-0.3, -0.25) is 4.79 Å². The number of carboxylic acid groups (broad SMARTS) is 1. The van der Waals surface area contributed by atoms with E-state index in [1.807, 2.05) is 12.1 Å². The molecule has 0 amide bonds. The standard InChI is InChI=1S/C28H28N2O2S2/c1-27(2)10-12-30-13-11-28(3,4)20-15-17(14-19(27)25(20)30)22-8-9-24(34-22)23-7-6-18(33-23)16-21(29-5)26(31)32/h6-9,14-16H,10-13H2,1-4H3,(H,31,32). The minimum absolute atomic E-state index is 0.157. The van der Waals surface area contributed by atoms with Crippen LogP contribution in [0.3, 0.4) is 0 Å². The van der Waals surface area contributed by atoms with Crippen LogP contribution in [-0.2, 0) is 15.6 Å². The van der Waals surface area contributed by atoms with Crippen LogP contribution in [0.25, 0.3) is 31.1 Å². The Kier molecular flexibility index (Phi) is 5.46. The summed E-state index contributed by atoms with van der Waals surface area (Å²) < 4.78 is 0. The van der Waals surface area contributed by atoms with E-state index in [2.05, 4.69) is 61.7 Å². The number of nitrogens with zero attached hydrogens (tertiary/aromatic N) is 2. The van der Waals surface area contributed by atoms with E-state index < -0.39 is 5.97 Å². The number of thiophene rings is 2. The maximum atomic E-state index is 11.2. The molecular formula is C28H28N2O2S2. The molecule has 0 fully saturated rings. The van der Waals surface area contributed by atoms with Crippen molar-refractivity contribution in [1.82, 2.24) is 0 Å². The third-order valence-corrected chi connectivity index (χ3v) is 9.64. The maximum Gasteiger partial charge on any atom is 0.333 e. The molecule has 0 spiro atoms. The second-order valence-corrected chi connectivity index (χ2v) is 12.7. The zero-order valence-electron chi connectivity index (χ0n) is 19.9. The van der Waals surface area contributed by atoms with Crippen molar-refractivity contribution in [3.05, 3.63) is 69.5 Å². The Bertz CT molecular complexity index is 1330. The lowest BCUT2D eigenvalue weighted by molar-refractivity contribution is -0.132. The molecular weight excluding hydrogens is 460 g/mol. The van der Waals surface area contributed by atoms with Crippen LogP contribution in [0.15, 0.2) is 42.1 Å². The highest BCUT2D eigenvalue weighted by Gasteiger charge is 2.40. The number of aliphatic carboxylic acids is 1. The van der Waals surface area contributed by atoms with Crippen molar-refractivity contribution in [3.8, 4) is 20.2 Å². The third-order valence-electron chi connectivity index (χ3n) is 7.28. The Labute approximate surface area is 209 Å². The zero-order valence-corrected chi connectivity index (χ0v) is 21.6. The topological polar surface area (TPSA) is 44.9 Å². The molecule has 0 aliphatic carbocycles. The van der Waals surface area contributed by atoms with Crippen molar-refractivity contribution >= 4 is 40.4 Å². The largest absolute Gasteiger partial charge is 0.486 e. The minimum atomic E-state index is -1.19. The molecule has 2 aromatic heterocycles. The second-order valence-electron chi connectivity index (χ2n) is 10.5. The number of carbonyl (C=O) groups is 1. The van der Waals surface area contributed by atoms with E-state index in [0.717, 1.165) is 27.7 Å². The van der Waals surface area contributed by atoms with Gasteiger partial charge in [-0.15, -0.1) is 22.7 Å². The summed E-state index contributed by atoms with van der Waals surface area (Å²) in [5.41, 5.74) is 5.75. The second kappa shape index (κ2) is 8.11. The van der Waals surface area contributed by atoms with Crippen LogP contribution in [0.4, 0.5) is 5.69 Å². The van der Waals surface area contributed by atoms with Gasteiger partial charge in [-0.05, 0) is 82.8 Å². The quantitative estimate of drug-likeness (QED) is 0.303. The fourth-order valence-electron chi connectivity index (χ4n) is 5.05. The Morgan fingerprint density at radius 3 is 2.12 bits per heavy atom. The van der Waals surface area contributed by atoms with Gasteiger partial charge < -0.3 is 10.0 Å². The van der Waals surface area contributed by atoms with Crippen molar-refractivity contribution in [2.75, 3.05) is 18.0 Å². The van der Waals surface area contributed by atoms with Crippen molar-refractivity contribution in [1.29, 1.82) is 0 Å². The van der Waals surface area contributed by atoms with Gasteiger partial charge in [0.1, 0.15) is 0 Å². The van der Waals surface area contributed by atoms with Crippen LogP contribution in [0.5, 0.6) is 0 Å². The van der Waals surface area contributed by atoms with Gasteiger partial charge in [-0.1, -0.05) is 27.7 Å². The molecule has 1 aromatic carbocycles. The summed E-state index contributed by atoms with van der Waals surface area (Å²) in [6.07, 6.45) is 3.79. The third kappa shape index (κ3) is 3.87. The minimum Gasteiger partial charge on any atom is -0.486 e. The van der Waals surface area contributed by atoms with E-state index in [0.29, 0.717) is 0 Å². The summed E-state index contributed by atoms with van der Waals surface area (Å²) in [4.78, 5) is 21.1. The number of anilines is 1. The van der Waals surface area contributed by atoms with Crippen molar-refractivity contribution < 1.29 is 9.90 Å². The molecule has 3 aromatic rings. The summed E-state index contributed by atoms with van der Waals surface area (Å²) >= 11 is 3.29. The van der Waals surface area contributed by atoms with E-state index in [9.17, 15) is 4.79 Å². The number of rotatable bonds is 4. The summed E-state index contributed by atoms with van der Waals surface area (Å²) in [5, 5.41) is 9.13. The van der Waals surface area contributed by atoms with Gasteiger partial charge in [0, 0.05) is 38.3 Å². The van der Waals surface area contributed by atoms with E-state index >= 15 is 0 Å². The normalized spacial score (nSPS) is 18.3. The highest BCUT2D eigenvalue weighted by atomic mass is 32.1. The monoisotopic (exact) mass is 488 g/mol. The first kappa shape index (κ1) is 22.9. The van der Waals surface area contributed by atoms with Gasteiger partial charge >= 0.3 is 5.97 Å². The zero-order chi connectivity index (χ0) is 24.3. The van der Waals surface area contributed by atoms with Gasteiger partial charge in [-0.25, -0.2) is 4.85 Å². The number of benzene rings is 1. The molecule has 5 rings (SSSR count). The molecule has 0 saturated heterocycles. The van der Waals surface area contributed by atoms with E-state index in [4.69, 9.17) is 11.7 Å². The summed E-state index contributed by atoms with van der Waals surface area (Å²) in [5.74, 6) is -1.19. The van der Waals surface area contributed by atoms with E-state index in [1.54, 1.807) is 11.3 Å². The van der Waals surface area contributed by atoms with Crippen LogP contribution in [0.1, 0.15) is 56.5 Å². The fourth-order valence-corrected chi connectivity index (χ4v) is 7.08. The molecule has 4 heterocycles. The van der Waals surface area contributed by atoms with E-state index in [1.165, 1.54) is 57.5 Å². The molecule has 0 saturated carbocycles. The molecule has 0 bridgehead atoms. The summed E-state index contributed by atoms with van der Waals surface area (Å²) in [6.45, 7) is 18.8. The molecule has 34 heavy (non-hydrogen) atoms. The van der Waals surface area contributed by atoms with Crippen LogP contribution < -0.4 is 4.90 Å². The number of hydrogen-bond acceptors (Lipinski definition) is 4. The predicted molar refractivity (Wildman–Crippen MR) is 143 cm³/mol. The van der Waals surface area contributed by atoms with Gasteiger partial charge in [-0.2, -0.15) is 0 Å². The van der Waals surface area contributed by atoms with Crippen LogP contribution >= 0.6 is 22.7 Å². The highest BCUT2D eigenvalue weighted by Crippen LogP contribution is 2.51. The SMILES string of the molecule is [C-]#[N+]C(=Cc1ccc(-c2ccc(-c3cc4c5c(c3)C(C)(C)CCN5CCC4(C)C)s2)s1)C(=O)O.